The van der Waals surface area contributed by atoms with E-state index >= 15 is 0 Å². The van der Waals surface area contributed by atoms with Crippen molar-refractivity contribution in [2.45, 2.75) is 25.4 Å². The summed E-state index contributed by atoms with van der Waals surface area (Å²) in [5.74, 6) is 0. The third kappa shape index (κ3) is 2.03. The van der Waals surface area contributed by atoms with E-state index in [-0.39, 0.29) is 0 Å². The van der Waals surface area contributed by atoms with E-state index in [1.165, 1.54) is 26.2 Å². The van der Waals surface area contributed by atoms with Gasteiger partial charge in [0.2, 0.25) is 0 Å². The lowest BCUT2D eigenvalue weighted by Crippen LogP contribution is -2.66. The molecule has 0 spiro atoms. The Bertz CT molecular complexity index is 185. The molecular formula is C10H21N3. The molecule has 2 aliphatic heterocycles. The van der Waals surface area contributed by atoms with Gasteiger partial charge in [-0.2, -0.15) is 0 Å². The van der Waals surface area contributed by atoms with E-state index in [1.54, 1.807) is 0 Å². The minimum absolute atomic E-state index is 0.312. The summed E-state index contributed by atoms with van der Waals surface area (Å²) in [6.45, 7) is 10.7. The highest BCUT2D eigenvalue weighted by atomic mass is 15.3. The zero-order valence-electron chi connectivity index (χ0n) is 9.01. The number of nitrogens with zero attached hydrogens (tertiary/aromatic N) is 2. The predicted octanol–water partition coefficient (Wildman–Crippen LogP) is -0.0158. The third-order valence-corrected chi connectivity index (χ3v) is 3.16. The fourth-order valence-electron chi connectivity index (χ4n) is 2.39. The Morgan fingerprint density at radius 2 is 2.00 bits per heavy atom. The number of likely N-dealkylation sites (tertiary alicyclic amines) is 1. The van der Waals surface area contributed by atoms with Gasteiger partial charge in [0, 0.05) is 44.3 Å². The van der Waals surface area contributed by atoms with Crippen molar-refractivity contribution in [3.05, 3.63) is 0 Å². The Morgan fingerprint density at radius 3 is 2.54 bits per heavy atom. The van der Waals surface area contributed by atoms with Crippen molar-refractivity contribution in [1.29, 1.82) is 0 Å². The van der Waals surface area contributed by atoms with E-state index in [0.29, 0.717) is 5.54 Å². The molecular weight excluding hydrogens is 162 g/mol. The van der Waals surface area contributed by atoms with Crippen LogP contribution in [0.5, 0.6) is 0 Å². The molecule has 2 fully saturated rings. The highest BCUT2D eigenvalue weighted by Gasteiger charge is 2.34. The molecule has 0 saturated carbocycles. The molecule has 3 heteroatoms. The molecule has 2 aliphatic rings. The predicted molar refractivity (Wildman–Crippen MR) is 54.9 cm³/mol. The van der Waals surface area contributed by atoms with E-state index in [4.69, 9.17) is 0 Å². The maximum absolute atomic E-state index is 3.55. The van der Waals surface area contributed by atoms with Crippen LogP contribution < -0.4 is 5.32 Å². The van der Waals surface area contributed by atoms with Gasteiger partial charge < -0.3 is 10.2 Å². The number of nitrogens with one attached hydrogen (secondary N) is 1. The molecule has 0 amide bonds. The van der Waals surface area contributed by atoms with E-state index in [0.717, 1.165) is 12.6 Å². The maximum Gasteiger partial charge on any atom is 0.0351 e. The fourth-order valence-corrected chi connectivity index (χ4v) is 2.39. The first-order valence-corrected chi connectivity index (χ1v) is 5.24. The van der Waals surface area contributed by atoms with Gasteiger partial charge in [-0.1, -0.05) is 0 Å². The Morgan fingerprint density at radius 1 is 1.31 bits per heavy atom. The van der Waals surface area contributed by atoms with Crippen molar-refractivity contribution in [2.75, 3.05) is 39.8 Å². The van der Waals surface area contributed by atoms with E-state index in [2.05, 4.69) is 36.0 Å². The number of hydrogen-bond donors (Lipinski definition) is 1. The molecule has 0 atom stereocenters. The van der Waals surface area contributed by atoms with E-state index in [9.17, 15) is 0 Å². The Kier molecular flexibility index (Phi) is 2.34. The molecule has 1 N–H and O–H groups in total. The molecule has 0 unspecified atom stereocenters. The number of hydrogen-bond acceptors (Lipinski definition) is 3. The van der Waals surface area contributed by atoms with Crippen LogP contribution in [0.15, 0.2) is 0 Å². The van der Waals surface area contributed by atoms with Gasteiger partial charge in [0.05, 0.1) is 0 Å². The quantitative estimate of drug-likeness (QED) is 0.616. The van der Waals surface area contributed by atoms with Gasteiger partial charge in [-0.25, -0.2) is 0 Å². The van der Waals surface area contributed by atoms with Crippen molar-refractivity contribution in [1.82, 2.24) is 15.1 Å². The zero-order chi connectivity index (χ0) is 9.47. The second-order valence-corrected chi connectivity index (χ2v) is 5.16. The molecule has 0 aromatic heterocycles. The van der Waals surface area contributed by atoms with Crippen molar-refractivity contribution >= 4 is 0 Å². The van der Waals surface area contributed by atoms with Crippen LogP contribution in [0, 0.1) is 0 Å². The summed E-state index contributed by atoms with van der Waals surface area (Å²) in [6.07, 6.45) is 0. The van der Waals surface area contributed by atoms with Gasteiger partial charge in [0.15, 0.2) is 0 Å². The van der Waals surface area contributed by atoms with Crippen molar-refractivity contribution in [2.24, 2.45) is 0 Å². The van der Waals surface area contributed by atoms with Gasteiger partial charge in [-0.15, -0.1) is 0 Å². The first kappa shape index (κ1) is 9.44. The van der Waals surface area contributed by atoms with Crippen molar-refractivity contribution < 1.29 is 0 Å². The Hall–Kier alpha value is -0.120. The molecule has 13 heavy (non-hydrogen) atoms. The van der Waals surface area contributed by atoms with Crippen LogP contribution in [0.4, 0.5) is 0 Å². The molecule has 0 aliphatic carbocycles. The number of likely N-dealkylation sites (N-methyl/N-ethyl adjacent to an activating group) is 1. The minimum Gasteiger partial charge on any atom is -0.309 e. The normalized spacial score (nSPS) is 31.6. The van der Waals surface area contributed by atoms with Gasteiger partial charge in [0.1, 0.15) is 0 Å². The Labute approximate surface area is 81.1 Å². The third-order valence-electron chi connectivity index (χ3n) is 3.16. The van der Waals surface area contributed by atoms with Crippen LogP contribution in [-0.4, -0.2) is 61.2 Å². The zero-order valence-corrected chi connectivity index (χ0v) is 9.01. The summed E-state index contributed by atoms with van der Waals surface area (Å²) in [7, 11) is 2.20. The minimum atomic E-state index is 0.312. The van der Waals surface area contributed by atoms with Gasteiger partial charge in [-0.05, 0) is 20.9 Å². The largest absolute Gasteiger partial charge is 0.309 e. The number of piperazine rings is 1. The molecule has 0 aromatic rings. The van der Waals surface area contributed by atoms with Crippen molar-refractivity contribution in [3.8, 4) is 0 Å². The first-order chi connectivity index (χ1) is 6.07. The highest BCUT2D eigenvalue weighted by Crippen LogP contribution is 2.18. The second-order valence-electron chi connectivity index (χ2n) is 5.16. The molecule has 76 valence electrons. The van der Waals surface area contributed by atoms with E-state index in [1.807, 2.05) is 0 Å². The molecule has 0 bridgehead atoms. The highest BCUT2D eigenvalue weighted by molar-refractivity contribution is 4.94. The molecule has 2 rings (SSSR count). The van der Waals surface area contributed by atoms with E-state index < -0.39 is 0 Å². The summed E-state index contributed by atoms with van der Waals surface area (Å²) >= 11 is 0. The van der Waals surface area contributed by atoms with Crippen LogP contribution in [-0.2, 0) is 0 Å². The van der Waals surface area contributed by atoms with Gasteiger partial charge in [-0.3, -0.25) is 4.90 Å². The smallest absolute Gasteiger partial charge is 0.0351 e. The summed E-state index contributed by atoms with van der Waals surface area (Å²) in [4.78, 5) is 5.02. The van der Waals surface area contributed by atoms with Gasteiger partial charge in [0.25, 0.3) is 0 Å². The maximum atomic E-state index is 3.55. The fraction of sp³-hybridized carbons (Fsp3) is 1.00. The summed E-state index contributed by atoms with van der Waals surface area (Å²) < 4.78 is 0. The topological polar surface area (TPSA) is 18.5 Å². The van der Waals surface area contributed by atoms with Crippen LogP contribution in [0.25, 0.3) is 0 Å². The average Bonchev–Trinajstić information content (AvgIpc) is 1.97. The van der Waals surface area contributed by atoms with Crippen LogP contribution in [0.2, 0.25) is 0 Å². The van der Waals surface area contributed by atoms with Crippen LogP contribution in [0.1, 0.15) is 13.8 Å². The summed E-state index contributed by atoms with van der Waals surface area (Å²) in [5, 5.41) is 3.55. The van der Waals surface area contributed by atoms with Crippen LogP contribution >= 0.6 is 0 Å². The molecule has 0 radical (unpaired) electrons. The Balaban J connectivity index is 1.86. The van der Waals surface area contributed by atoms with Crippen molar-refractivity contribution in [3.63, 3.8) is 0 Å². The average molecular weight is 183 g/mol. The summed E-state index contributed by atoms with van der Waals surface area (Å²) in [6, 6.07) is 0.825. The van der Waals surface area contributed by atoms with Crippen LogP contribution in [0.3, 0.4) is 0 Å². The molecule has 3 nitrogen and oxygen atoms in total. The van der Waals surface area contributed by atoms with Gasteiger partial charge >= 0.3 is 0 Å². The molecule has 2 heterocycles. The molecule has 2 saturated heterocycles. The molecule has 0 aromatic carbocycles. The monoisotopic (exact) mass is 183 g/mol. The second kappa shape index (κ2) is 3.23. The standard InChI is InChI=1S/C10H21N3/c1-10(2)8-13(5-4-11-10)9-6-12(3)7-9/h9,11H,4-8H2,1-3H3. The SMILES string of the molecule is CN1CC(N2CCNC(C)(C)C2)C1. The first-order valence-electron chi connectivity index (χ1n) is 5.24. The number of rotatable bonds is 1. The summed E-state index contributed by atoms with van der Waals surface area (Å²) in [5.41, 5.74) is 0.312. The lowest BCUT2D eigenvalue weighted by atomic mass is 9.98. The lowest BCUT2D eigenvalue weighted by Gasteiger charge is -2.49. The lowest BCUT2D eigenvalue weighted by molar-refractivity contribution is 0.0196.